The summed E-state index contributed by atoms with van der Waals surface area (Å²) >= 11 is 5.87. The normalized spacial score (nSPS) is 16.8. The van der Waals surface area contributed by atoms with Crippen molar-refractivity contribution in [1.29, 1.82) is 0 Å². The molecule has 1 atom stereocenters. The summed E-state index contributed by atoms with van der Waals surface area (Å²) < 4.78 is 22.9. The van der Waals surface area contributed by atoms with Gasteiger partial charge in [-0.25, -0.2) is 8.42 Å². The molecule has 0 radical (unpaired) electrons. The molecule has 2 rings (SSSR count). The van der Waals surface area contributed by atoms with Crippen molar-refractivity contribution in [2.45, 2.75) is 31.8 Å². The van der Waals surface area contributed by atoms with Crippen LogP contribution in [-0.4, -0.2) is 48.3 Å². The topological polar surface area (TPSA) is 67.3 Å². The number of halogens is 1. The minimum Gasteiger partial charge on any atom is -0.331 e. The van der Waals surface area contributed by atoms with E-state index in [0.29, 0.717) is 5.02 Å². The number of aromatic nitrogens is 1. The molecule has 1 aromatic rings. The molecule has 0 N–H and O–H groups in total. The van der Waals surface area contributed by atoms with Gasteiger partial charge < -0.3 is 4.90 Å². The number of carbonyl (C=O) groups excluding carboxylic acids is 1. The second-order valence-electron chi connectivity index (χ2n) is 5.24. The van der Waals surface area contributed by atoms with Gasteiger partial charge in [0, 0.05) is 29.6 Å². The molecule has 1 saturated carbocycles. The van der Waals surface area contributed by atoms with Crippen LogP contribution in [0.25, 0.3) is 0 Å². The van der Waals surface area contributed by atoms with Crippen LogP contribution in [0.1, 0.15) is 30.3 Å². The van der Waals surface area contributed by atoms with Gasteiger partial charge in [-0.2, -0.15) is 0 Å². The molecule has 5 nitrogen and oxygen atoms in total. The smallest absolute Gasteiger partial charge is 0.273 e. The molecule has 20 heavy (non-hydrogen) atoms. The first-order valence-corrected chi connectivity index (χ1v) is 8.84. The number of hydrogen-bond donors (Lipinski definition) is 0. The highest BCUT2D eigenvalue weighted by molar-refractivity contribution is 7.90. The van der Waals surface area contributed by atoms with Crippen molar-refractivity contribution in [3.05, 3.63) is 29.0 Å². The van der Waals surface area contributed by atoms with Crippen molar-refractivity contribution >= 4 is 27.3 Å². The fourth-order valence-corrected chi connectivity index (χ4v) is 3.45. The van der Waals surface area contributed by atoms with Gasteiger partial charge in [-0.15, -0.1) is 0 Å². The maximum Gasteiger partial charge on any atom is 0.273 e. The Kier molecular flexibility index (Phi) is 4.34. The standard InChI is InChI=1S/C13H17ClN2O3S/c1-9(8-20(2,18)19)16(11-3-4-11)13(17)12-7-10(14)5-6-15-12/h5-7,9,11H,3-4,8H2,1-2H3/t9-/m1/s1. The number of amides is 1. The van der Waals surface area contributed by atoms with E-state index in [1.54, 1.807) is 17.9 Å². The minimum atomic E-state index is -3.14. The SMILES string of the molecule is C[C@H](CS(C)(=O)=O)N(C(=O)c1cc(Cl)ccn1)C1CC1. The van der Waals surface area contributed by atoms with Crippen molar-refractivity contribution in [3.63, 3.8) is 0 Å². The van der Waals surface area contributed by atoms with Crippen molar-refractivity contribution in [2.24, 2.45) is 0 Å². The molecular formula is C13H17ClN2O3S. The van der Waals surface area contributed by atoms with Gasteiger partial charge in [0.2, 0.25) is 0 Å². The lowest BCUT2D eigenvalue weighted by atomic mass is 10.2. The Balaban J connectivity index is 2.22. The van der Waals surface area contributed by atoms with Crippen LogP contribution >= 0.6 is 11.6 Å². The van der Waals surface area contributed by atoms with Crippen LogP contribution in [0, 0.1) is 0 Å². The van der Waals surface area contributed by atoms with E-state index >= 15 is 0 Å². The number of rotatable bonds is 5. The Labute approximate surface area is 123 Å². The van der Waals surface area contributed by atoms with Crippen molar-refractivity contribution in [3.8, 4) is 0 Å². The average Bonchev–Trinajstić information content (AvgIpc) is 3.11. The van der Waals surface area contributed by atoms with E-state index in [1.807, 2.05) is 0 Å². The predicted octanol–water partition coefficient (Wildman–Crippen LogP) is 1.77. The highest BCUT2D eigenvalue weighted by Gasteiger charge is 2.37. The molecule has 1 aliphatic rings. The average molecular weight is 317 g/mol. The van der Waals surface area contributed by atoms with Gasteiger partial charge in [0.05, 0.1) is 5.75 Å². The van der Waals surface area contributed by atoms with E-state index in [0.717, 1.165) is 12.8 Å². The second-order valence-corrected chi connectivity index (χ2v) is 7.87. The fraction of sp³-hybridized carbons (Fsp3) is 0.538. The highest BCUT2D eigenvalue weighted by Crippen LogP contribution is 2.30. The summed E-state index contributed by atoms with van der Waals surface area (Å²) in [5.41, 5.74) is 0.254. The van der Waals surface area contributed by atoms with Gasteiger partial charge in [-0.1, -0.05) is 11.6 Å². The fourth-order valence-electron chi connectivity index (χ4n) is 2.25. The van der Waals surface area contributed by atoms with Gasteiger partial charge >= 0.3 is 0 Å². The first-order chi connectivity index (χ1) is 9.28. The third-order valence-electron chi connectivity index (χ3n) is 3.13. The van der Waals surface area contributed by atoms with Crippen LogP contribution in [0.3, 0.4) is 0 Å². The van der Waals surface area contributed by atoms with Crippen LogP contribution in [0.4, 0.5) is 0 Å². The molecule has 1 amide bonds. The zero-order chi connectivity index (χ0) is 14.9. The second kappa shape index (κ2) is 5.69. The number of hydrogen-bond acceptors (Lipinski definition) is 4. The summed E-state index contributed by atoms with van der Waals surface area (Å²) in [7, 11) is -3.14. The summed E-state index contributed by atoms with van der Waals surface area (Å²) in [6.07, 6.45) is 4.46. The summed E-state index contributed by atoms with van der Waals surface area (Å²) in [6, 6.07) is 2.84. The van der Waals surface area contributed by atoms with Gasteiger partial charge in [0.25, 0.3) is 5.91 Å². The van der Waals surface area contributed by atoms with E-state index in [1.165, 1.54) is 18.5 Å². The Morgan fingerprint density at radius 2 is 2.20 bits per heavy atom. The monoisotopic (exact) mass is 316 g/mol. The first-order valence-electron chi connectivity index (χ1n) is 6.40. The molecule has 1 aromatic heterocycles. The van der Waals surface area contributed by atoms with E-state index in [4.69, 9.17) is 11.6 Å². The van der Waals surface area contributed by atoms with E-state index in [2.05, 4.69) is 4.98 Å². The van der Waals surface area contributed by atoms with Crippen LogP contribution in [-0.2, 0) is 9.84 Å². The van der Waals surface area contributed by atoms with Crippen molar-refractivity contribution in [2.75, 3.05) is 12.0 Å². The minimum absolute atomic E-state index is 0.0458. The van der Waals surface area contributed by atoms with E-state index in [-0.39, 0.29) is 29.4 Å². The third-order valence-corrected chi connectivity index (χ3v) is 4.46. The third kappa shape index (κ3) is 3.93. The van der Waals surface area contributed by atoms with Crippen LogP contribution < -0.4 is 0 Å². The number of sulfone groups is 1. The molecule has 0 aliphatic heterocycles. The molecule has 0 bridgehead atoms. The number of pyridine rings is 1. The summed E-state index contributed by atoms with van der Waals surface area (Å²) in [6.45, 7) is 1.75. The largest absolute Gasteiger partial charge is 0.331 e. The zero-order valence-electron chi connectivity index (χ0n) is 11.4. The molecule has 1 heterocycles. The zero-order valence-corrected chi connectivity index (χ0v) is 13.0. The highest BCUT2D eigenvalue weighted by atomic mass is 35.5. The van der Waals surface area contributed by atoms with Crippen LogP contribution in [0.2, 0.25) is 5.02 Å². The van der Waals surface area contributed by atoms with Crippen molar-refractivity contribution in [1.82, 2.24) is 9.88 Å². The Hall–Kier alpha value is -1.14. The Morgan fingerprint density at radius 1 is 1.55 bits per heavy atom. The molecular weight excluding hydrogens is 300 g/mol. The quantitative estimate of drug-likeness (QED) is 0.830. The van der Waals surface area contributed by atoms with Gasteiger partial charge in [0.1, 0.15) is 15.5 Å². The summed E-state index contributed by atoms with van der Waals surface area (Å²) in [5, 5.41) is 0.440. The lowest BCUT2D eigenvalue weighted by Gasteiger charge is -2.28. The van der Waals surface area contributed by atoms with Gasteiger partial charge in [-0.3, -0.25) is 9.78 Å². The van der Waals surface area contributed by atoms with E-state index in [9.17, 15) is 13.2 Å². The molecule has 0 spiro atoms. The Bertz CT molecular complexity index is 614. The molecule has 1 aliphatic carbocycles. The van der Waals surface area contributed by atoms with Crippen LogP contribution in [0.15, 0.2) is 18.3 Å². The number of nitrogens with zero attached hydrogens (tertiary/aromatic N) is 2. The first kappa shape index (κ1) is 15.3. The lowest BCUT2D eigenvalue weighted by molar-refractivity contribution is 0.0686. The predicted molar refractivity (Wildman–Crippen MR) is 77.6 cm³/mol. The Morgan fingerprint density at radius 3 is 2.70 bits per heavy atom. The van der Waals surface area contributed by atoms with E-state index < -0.39 is 9.84 Å². The maximum atomic E-state index is 12.5. The molecule has 0 saturated heterocycles. The molecule has 1 fully saturated rings. The molecule has 110 valence electrons. The lowest BCUT2D eigenvalue weighted by Crippen LogP contribution is -2.44. The number of carbonyl (C=O) groups is 1. The summed E-state index contributed by atoms with van der Waals surface area (Å²) in [4.78, 5) is 18.2. The van der Waals surface area contributed by atoms with Gasteiger partial charge in [-0.05, 0) is 31.9 Å². The maximum absolute atomic E-state index is 12.5. The molecule has 7 heteroatoms. The van der Waals surface area contributed by atoms with Crippen molar-refractivity contribution < 1.29 is 13.2 Å². The summed E-state index contributed by atoms with van der Waals surface area (Å²) in [5.74, 6) is -0.304. The van der Waals surface area contributed by atoms with Gasteiger partial charge in [0.15, 0.2) is 0 Å². The molecule has 0 aromatic carbocycles. The van der Waals surface area contributed by atoms with Crippen LogP contribution in [0.5, 0.6) is 0 Å². The molecule has 0 unspecified atom stereocenters.